The number of benzene rings is 2. The Morgan fingerprint density at radius 1 is 0.868 bits per heavy atom. The quantitative estimate of drug-likeness (QED) is 0.122. The van der Waals surface area contributed by atoms with Gasteiger partial charge in [0.1, 0.15) is 5.82 Å². The van der Waals surface area contributed by atoms with E-state index in [0.29, 0.717) is 5.02 Å². The molecule has 0 aromatic heterocycles. The summed E-state index contributed by atoms with van der Waals surface area (Å²) >= 11 is 6.34. The van der Waals surface area contributed by atoms with Gasteiger partial charge >= 0.3 is 0 Å². The Morgan fingerprint density at radius 2 is 1.53 bits per heavy atom. The number of halogens is 2. The van der Waals surface area contributed by atoms with Gasteiger partial charge < -0.3 is 0 Å². The van der Waals surface area contributed by atoms with Crippen molar-refractivity contribution in [2.24, 2.45) is 10.2 Å². The zero-order chi connectivity index (χ0) is 27.5. The van der Waals surface area contributed by atoms with E-state index < -0.39 is 5.41 Å². The lowest BCUT2D eigenvalue weighted by Crippen LogP contribution is -2.25. The van der Waals surface area contributed by atoms with Crippen LogP contribution in [0.25, 0.3) is 0 Å². The molecule has 38 heavy (non-hydrogen) atoms. The Hall–Kier alpha value is -2.25. The molecular formula is C33H47ClFN3. The summed E-state index contributed by atoms with van der Waals surface area (Å²) < 4.78 is 13.6. The van der Waals surface area contributed by atoms with Crippen LogP contribution in [0.3, 0.4) is 0 Å². The zero-order valence-electron chi connectivity index (χ0n) is 23.6. The number of aryl methyl sites for hydroxylation is 1. The van der Waals surface area contributed by atoms with E-state index in [1.54, 1.807) is 19.2 Å². The van der Waals surface area contributed by atoms with Gasteiger partial charge in [0, 0.05) is 12.1 Å². The molecule has 0 heterocycles. The van der Waals surface area contributed by atoms with Crippen LogP contribution in [0.15, 0.2) is 58.8 Å². The highest BCUT2D eigenvalue weighted by molar-refractivity contribution is 6.30. The number of hydrogen-bond donors (Lipinski definition) is 0. The van der Waals surface area contributed by atoms with Crippen molar-refractivity contribution in [2.75, 3.05) is 7.05 Å². The van der Waals surface area contributed by atoms with Crippen molar-refractivity contribution in [3.8, 4) is 6.07 Å². The normalized spacial score (nSPS) is 13.9. The molecule has 0 aliphatic rings. The average molecular weight is 540 g/mol. The zero-order valence-corrected chi connectivity index (χ0v) is 24.4. The van der Waals surface area contributed by atoms with Gasteiger partial charge in [0.2, 0.25) is 0 Å². The van der Waals surface area contributed by atoms with Crippen LogP contribution in [0.2, 0.25) is 5.02 Å². The molecule has 2 aromatic rings. The summed E-state index contributed by atoms with van der Waals surface area (Å²) in [4.78, 5) is 0. The smallest absolute Gasteiger partial charge is 0.123 e. The highest BCUT2D eigenvalue weighted by Crippen LogP contribution is 2.37. The van der Waals surface area contributed by atoms with E-state index in [4.69, 9.17) is 11.6 Å². The van der Waals surface area contributed by atoms with Crippen LogP contribution in [-0.2, 0) is 11.8 Å². The molecule has 0 spiro atoms. The molecule has 0 aliphatic heterocycles. The molecule has 2 unspecified atom stereocenters. The summed E-state index contributed by atoms with van der Waals surface area (Å²) in [6.45, 7) is 2.26. The van der Waals surface area contributed by atoms with Gasteiger partial charge in [-0.3, -0.25) is 0 Å². The van der Waals surface area contributed by atoms with Crippen molar-refractivity contribution in [1.29, 1.82) is 5.26 Å². The maximum absolute atomic E-state index is 13.6. The molecule has 2 atom stereocenters. The van der Waals surface area contributed by atoms with Gasteiger partial charge in [-0.2, -0.15) is 15.5 Å². The minimum atomic E-state index is -0.540. The molecule has 0 fully saturated rings. The SMILES string of the molecule is CCCCCCCCCCCCC(C#N)(CCCC(CCc1cccc(F)c1)/N=N/C)c1cccc(Cl)c1. The summed E-state index contributed by atoms with van der Waals surface area (Å²) in [5.41, 5.74) is 1.46. The largest absolute Gasteiger partial charge is 0.207 e. The van der Waals surface area contributed by atoms with Crippen LogP contribution in [-0.4, -0.2) is 13.1 Å². The monoisotopic (exact) mass is 539 g/mol. The Bertz CT molecular complexity index is 986. The summed E-state index contributed by atoms with van der Waals surface area (Å²) in [6.07, 6.45) is 17.7. The van der Waals surface area contributed by atoms with E-state index in [0.717, 1.165) is 56.1 Å². The Labute approximate surface area is 235 Å². The van der Waals surface area contributed by atoms with E-state index in [2.05, 4.69) is 29.3 Å². The second-order valence-corrected chi connectivity index (χ2v) is 11.1. The maximum Gasteiger partial charge on any atom is 0.123 e. The maximum atomic E-state index is 13.6. The number of azo groups is 1. The third-order valence-electron chi connectivity index (χ3n) is 7.62. The van der Waals surface area contributed by atoms with Gasteiger partial charge in [-0.05, 0) is 73.9 Å². The van der Waals surface area contributed by atoms with Crippen LogP contribution in [0.4, 0.5) is 4.39 Å². The van der Waals surface area contributed by atoms with Crippen LogP contribution >= 0.6 is 11.6 Å². The van der Waals surface area contributed by atoms with Crippen LogP contribution in [0, 0.1) is 17.1 Å². The van der Waals surface area contributed by atoms with Crippen molar-refractivity contribution in [3.63, 3.8) is 0 Å². The molecule has 0 bridgehead atoms. The summed E-state index contributed by atoms with van der Waals surface area (Å²) in [6, 6.07) is 17.4. The third kappa shape index (κ3) is 12.1. The number of nitriles is 1. The summed E-state index contributed by atoms with van der Waals surface area (Å²) in [5, 5.41) is 19.6. The first-order chi connectivity index (χ1) is 18.5. The van der Waals surface area contributed by atoms with E-state index >= 15 is 0 Å². The minimum absolute atomic E-state index is 0.0661. The van der Waals surface area contributed by atoms with Crippen LogP contribution < -0.4 is 0 Å². The highest BCUT2D eigenvalue weighted by Gasteiger charge is 2.32. The summed E-state index contributed by atoms with van der Waals surface area (Å²) in [7, 11) is 1.70. The van der Waals surface area contributed by atoms with Crippen molar-refractivity contribution < 1.29 is 4.39 Å². The molecule has 0 saturated heterocycles. The van der Waals surface area contributed by atoms with Gasteiger partial charge in [0.05, 0.1) is 17.5 Å². The standard InChI is InChI=1S/C33H47ClFN3/c1-3-4-5-6-7-8-9-10-11-12-23-33(27-36,29-17-14-18-30(34)26-29)24-15-20-32(38-37-2)22-21-28-16-13-19-31(35)25-28/h13-14,16-19,25-26,32H,3-12,15,20-24H2,1-2H3/b38-37+. The molecule has 2 aromatic carbocycles. The molecule has 0 saturated carbocycles. The molecule has 0 radical (unpaired) electrons. The molecule has 0 N–H and O–H groups in total. The fourth-order valence-corrected chi connectivity index (χ4v) is 5.57. The number of hydrogen-bond acceptors (Lipinski definition) is 3. The van der Waals surface area contributed by atoms with Crippen molar-refractivity contribution >= 4 is 11.6 Å². The van der Waals surface area contributed by atoms with Gasteiger partial charge in [0.15, 0.2) is 0 Å². The average Bonchev–Trinajstić information content (AvgIpc) is 2.92. The van der Waals surface area contributed by atoms with Crippen molar-refractivity contribution in [1.82, 2.24) is 0 Å². The Balaban J connectivity index is 1.91. The second kappa shape index (κ2) is 18.9. The van der Waals surface area contributed by atoms with Gasteiger partial charge in [-0.15, -0.1) is 0 Å². The van der Waals surface area contributed by atoms with Crippen LogP contribution in [0.5, 0.6) is 0 Å². The molecule has 208 valence electrons. The minimum Gasteiger partial charge on any atom is -0.207 e. The molecular weight excluding hydrogens is 493 g/mol. The second-order valence-electron chi connectivity index (χ2n) is 10.7. The summed E-state index contributed by atoms with van der Waals surface area (Å²) in [5.74, 6) is -0.205. The Kier molecular flexibility index (Phi) is 15.9. The van der Waals surface area contributed by atoms with Crippen molar-refractivity contribution in [3.05, 3.63) is 70.5 Å². The first-order valence-electron chi connectivity index (χ1n) is 14.7. The first kappa shape index (κ1) is 32.0. The van der Waals surface area contributed by atoms with Gasteiger partial charge in [-0.25, -0.2) is 4.39 Å². The third-order valence-corrected chi connectivity index (χ3v) is 7.86. The lowest BCUT2D eigenvalue weighted by atomic mass is 9.73. The topological polar surface area (TPSA) is 48.5 Å². The molecule has 0 amide bonds. The molecule has 5 heteroatoms. The fraction of sp³-hybridized carbons (Fsp3) is 0.606. The van der Waals surface area contributed by atoms with E-state index in [-0.39, 0.29) is 11.9 Å². The first-order valence-corrected chi connectivity index (χ1v) is 15.1. The van der Waals surface area contributed by atoms with Gasteiger partial charge in [-0.1, -0.05) is 107 Å². The number of rotatable bonds is 20. The highest BCUT2D eigenvalue weighted by atomic mass is 35.5. The van der Waals surface area contributed by atoms with E-state index in [9.17, 15) is 9.65 Å². The van der Waals surface area contributed by atoms with E-state index in [1.165, 1.54) is 63.9 Å². The predicted molar refractivity (Wildman–Crippen MR) is 158 cm³/mol. The number of nitrogens with zero attached hydrogens (tertiary/aromatic N) is 3. The van der Waals surface area contributed by atoms with Crippen LogP contribution in [0.1, 0.15) is 114 Å². The molecule has 0 aliphatic carbocycles. The molecule has 3 nitrogen and oxygen atoms in total. The Morgan fingerprint density at radius 3 is 2.16 bits per heavy atom. The number of unbranched alkanes of at least 4 members (excludes halogenated alkanes) is 9. The lowest BCUT2D eigenvalue weighted by molar-refractivity contribution is 0.400. The molecule has 2 rings (SSSR count). The predicted octanol–water partition coefficient (Wildman–Crippen LogP) is 10.8. The fourth-order valence-electron chi connectivity index (χ4n) is 5.38. The van der Waals surface area contributed by atoms with Gasteiger partial charge in [0.25, 0.3) is 0 Å². The lowest BCUT2D eigenvalue weighted by Gasteiger charge is -2.28. The van der Waals surface area contributed by atoms with E-state index in [1.807, 2.05) is 24.3 Å². The van der Waals surface area contributed by atoms with Crippen molar-refractivity contribution in [2.45, 2.75) is 121 Å².